The second-order valence-corrected chi connectivity index (χ2v) is 8.24. The molecule has 2 aromatic rings. The van der Waals surface area contributed by atoms with Gasteiger partial charge in [0.25, 0.3) is 0 Å². The van der Waals surface area contributed by atoms with Crippen molar-refractivity contribution in [2.24, 2.45) is 5.92 Å². The lowest BCUT2D eigenvalue weighted by molar-refractivity contribution is 0.198. The summed E-state index contributed by atoms with van der Waals surface area (Å²) in [7, 11) is 0. The number of thiazole rings is 1. The molecule has 1 saturated heterocycles. The maximum absolute atomic E-state index is 4.85. The molecule has 1 saturated carbocycles. The van der Waals surface area contributed by atoms with E-state index in [0.29, 0.717) is 5.92 Å². The quantitative estimate of drug-likeness (QED) is 0.869. The number of hydrogen-bond donors (Lipinski definition) is 1. The largest absolute Gasteiger partial charge is 0.331 e. The summed E-state index contributed by atoms with van der Waals surface area (Å²) in [6.45, 7) is 7.85. The number of pyridine rings is 1. The van der Waals surface area contributed by atoms with Gasteiger partial charge in [-0.05, 0) is 64.1 Å². The first-order chi connectivity index (χ1) is 11.7. The molecule has 0 spiro atoms. The Balaban J connectivity index is 1.49. The zero-order valence-electron chi connectivity index (χ0n) is 14.6. The van der Waals surface area contributed by atoms with E-state index in [9.17, 15) is 0 Å². The average Bonchev–Trinajstić information content (AvgIpc) is 3.27. The predicted octanol–water partition coefficient (Wildman–Crippen LogP) is 4.49. The van der Waals surface area contributed by atoms with E-state index >= 15 is 0 Å². The molecule has 1 unspecified atom stereocenters. The van der Waals surface area contributed by atoms with E-state index in [1.54, 1.807) is 11.3 Å². The molecule has 5 heteroatoms. The number of nitrogens with zero attached hydrogens (tertiary/aromatic N) is 3. The molecule has 2 fully saturated rings. The minimum atomic E-state index is 0.566. The average molecular weight is 343 g/mol. The van der Waals surface area contributed by atoms with E-state index in [4.69, 9.17) is 4.98 Å². The molecular weight excluding hydrogens is 316 g/mol. The normalized spacial score (nSPS) is 21.8. The van der Waals surface area contributed by atoms with Gasteiger partial charge in [0.2, 0.25) is 0 Å². The number of likely N-dealkylation sites (tertiary alicyclic amines) is 1. The van der Waals surface area contributed by atoms with Crippen molar-refractivity contribution >= 4 is 22.2 Å². The summed E-state index contributed by atoms with van der Waals surface area (Å²) in [5, 5.41) is 6.49. The van der Waals surface area contributed by atoms with Gasteiger partial charge in [0, 0.05) is 41.5 Å². The lowest BCUT2D eigenvalue weighted by Gasteiger charge is -2.32. The third-order valence-corrected chi connectivity index (χ3v) is 5.86. The Morgan fingerprint density at radius 2 is 2.04 bits per heavy atom. The Kier molecular flexibility index (Phi) is 4.55. The van der Waals surface area contributed by atoms with Gasteiger partial charge in [0.1, 0.15) is 0 Å². The van der Waals surface area contributed by atoms with Crippen LogP contribution in [0, 0.1) is 19.8 Å². The maximum atomic E-state index is 4.85. The van der Waals surface area contributed by atoms with Crippen molar-refractivity contribution in [2.75, 3.05) is 25.0 Å². The SMILES string of the molecule is Cc1cc(Nc2nc(C)cs2)cc(C2CCCN(CC3CC3)C2)n1. The Bertz CT molecular complexity index is 707. The maximum Gasteiger partial charge on any atom is 0.187 e. The fourth-order valence-electron chi connectivity index (χ4n) is 3.64. The van der Waals surface area contributed by atoms with Crippen LogP contribution in [0.1, 0.15) is 48.7 Å². The molecule has 3 heterocycles. The second kappa shape index (κ2) is 6.81. The Morgan fingerprint density at radius 3 is 2.79 bits per heavy atom. The summed E-state index contributed by atoms with van der Waals surface area (Å²) >= 11 is 1.65. The van der Waals surface area contributed by atoms with Crippen LogP contribution >= 0.6 is 11.3 Å². The van der Waals surface area contributed by atoms with Gasteiger partial charge in [-0.2, -0.15) is 0 Å². The molecule has 0 bridgehead atoms. The zero-order valence-corrected chi connectivity index (χ0v) is 15.4. The highest BCUT2D eigenvalue weighted by Gasteiger charge is 2.28. The van der Waals surface area contributed by atoms with Gasteiger partial charge in [0.05, 0.1) is 5.69 Å². The van der Waals surface area contributed by atoms with Crippen molar-refractivity contribution in [3.05, 3.63) is 34.6 Å². The number of nitrogens with one attached hydrogen (secondary N) is 1. The number of piperidine rings is 1. The minimum Gasteiger partial charge on any atom is -0.331 e. The van der Waals surface area contributed by atoms with Crippen molar-refractivity contribution in [3.63, 3.8) is 0 Å². The van der Waals surface area contributed by atoms with E-state index in [0.717, 1.165) is 28.1 Å². The minimum absolute atomic E-state index is 0.566. The Morgan fingerprint density at radius 1 is 1.17 bits per heavy atom. The highest BCUT2D eigenvalue weighted by Crippen LogP contribution is 2.33. The number of hydrogen-bond acceptors (Lipinski definition) is 5. The number of anilines is 2. The predicted molar refractivity (Wildman–Crippen MR) is 100 cm³/mol. The van der Waals surface area contributed by atoms with Crippen LogP contribution in [-0.4, -0.2) is 34.5 Å². The third-order valence-electron chi connectivity index (χ3n) is 4.98. The molecule has 4 rings (SSSR count). The van der Waals surface area contributed by atoms with Gasteiger partial charge >= 0.3 is 0 Å². The summed E-state index contributed by atoms with van der Waals surface area (Å²) in [6.07, 6.45) is 5.42. The van der Waals surface area contributed by atoms with Crippen molar-refractivity contribution in [2.45, 2.75) is 45.4 Å². The highest BCUT2D eigenvalue weighted by molar-refractivity contribution is 7.13. The highest BCUT2D eigenvalue weighted by atomic mass is 32.1. The van der Waals surface area contributed by atoms with Crippen molar-refractivity contribution in [1.29, 1.82) is 0 Å². The first-order valence-electron chi connectivity index (χ1n) is 9.06. The molecule has 2 aliphatic rings. The van der Waals surface area contributed by atoms with Crippen LogP contribution in [0.3, 0.4) is 0 Å². The molecule has 1 N–H and O–H groups in total. The molecule has 1 aliphatic carbocycles. The lowest BCUT2D eigenvalue weighted by Crippen LogP contribution is -2.36. The smallest absolute Gasteiger partial charge is 0.187 e. The fraction of sp³-hybridized carbons (Fsp3) is 0.579. The monoisotopic (exact) mass is 342 g/mol. The fourth-order valence-corrected chi connectivity index (χ4v) is 4.35. The Hall–Kier alpha value is -1.46. The van der Waals surface area contributed by atoms with Crippen LogP contribution in [0.4, 0.5) is 10.8 Å². The van der Waals surface area contributed by atoms with E-state index in [2.05, 4.69) is 39.6 Å². The molecule has 24 heavy (non-hydrogen) atoms. The van der Waals surface area contributed by atoms with Crippen molar-refractivity contribution in [1.82, 2.24) is 14.9 Å². The molecule has 0 amide bonds. The molecule has 0 radical (unpaired) electrons. The van der Waals surface area contributed by atoms with E-state index in [1.165, 1.54) is 51.0 Å². The van der Waals surface area contributed by atoms with E-state index in [-0.39, 0.29) is 0 Å². The molecular formula is C19H26N4S. The van der Waals surface area contributed by atoms with Gasteiger partial charge in [-0.3, -0.25) is 4.98 Å². The van der Waals surface area contributed by atoms with Crippen LogP contribution in [0.15, 0.2) is 17.5 Å². The number of aryl methyl sites for hydroxylation is 2. The van der Waals surface area contributed by atoms with Crippen molar-refractivity contribution < 1.29 is 0 Å². The topological polar surface area (TPSA) is 41.1 Å². The van der Waals surface area contributed by atoms with Gasteiger partial charge in [0.15, 0.2) is 5.13 Å². The van der Waals surface area contributed by atoms with Gasteiger partial charge in [-0.25, -0.2) is 4.98 Å². The van der Waals surface area contributed by atoms with Crippen LogP contribution in [0.5, 0.6) is 0 Å². The molecule has 0 aromatic carbocycles. The second-order valence-electron chi connectivity index (χ2n) is 7.38. The lowest BCUT2D eigenvalue weighted by atomic mass is 9.93. The summed E-state index contributed by atoms with van der Waals surface area (Å²) in [5.41, 5.74) is 4.51. The molecule has 2 aromatic heterocycles. The molecule has 4 nitrogen and oxygen atoms in total. The molecule has 128 valence electrons. The molecule has 1 aliphatic heterocycles. The number of aromatic nitrogens is 2. The van der Waals surface area contributed by atoms with E-state index in [1.807, 2.05) is 6.92 Å². The summed E-state index contributed by atoms with van der Waals surface area (Å²) in [4.78, 5) is 12.0. The summed E-state index contributed by atoms with van der Waals surface area (Å²) in [6, 6.07) is 4.35. The first-order valence-corrected chi connectivity index (χ1v) is 9.94. The van der Waals surface area contributed by atoms with Crippen LogP contribution < -0.4 is 5.32 Å². The summed E-state index contributed by atoms with van der Waals surface area (Å²) < 4.78 is 0. The van der Waals surface area contributed by atoms with Gasteiger partial charge in [-0.1, -0.05) is 0 Å². The van der Waals surface area contributed by atoms with Crippen molar-refractivity contribution in [3.8, 4) is 0 Å². The van der Waals surface area contributed by atoms with Crippen LogP contribution in [0.2, 0.25) is 0 Å². The third kappa shape index (κ3) is 3.95. The van der Waals surface area contributed by atoms with E-state index < -0.39 is 0 Å². The van der Waals surface area contributed by atoms with Gasteiger partial charge in [-0.15, -0.1) is 11.3 Å². The zero-order chi connectivity index (χ0) is 16.5. The van der Waals surface area contributed by atoms with Crippen LogP contribution in [0.25, 0.3) is 0 Å². The summed E-state index contributed by atoms with van der Waals surface area (Å²) in [5.74, 6) is 1.54. The first kappa shape index (κ1) is 16.0. The van der Waals surface area contributed by atoms with Gasteiger partial charge < -0.3 is 10.2 Å². The standard InChI is InChI=1S/C19H26N4S/c1-13-8-17(22-19-21-14(2)12-24-19)9-18(20-13)16-4-3-7-23(11-16)10-15-5-6-15/h8-9,12,15-16H,3-7,10-11H2,1-2H3,(H,20,21,22). The van der Waals surface area contributed by atoms with Crippen LogP contribution in [-0.2, 0) is 0 Å². The Labute approximate surface area is 148 Å². The molecule has 1 atom stereocenters. The number of rotatable bonds is 5.